The minimum absolute atomic E-state index is 0.0672. The number of amides is 2. The Bertz CT molecular complexity index is 1260. The zero-order chi connectivity index (χ0) is 24.2. The van der Waals surface area contributed by atoms with Crippen LogP contribution in [-0.2, 0) is 16.0 Å². The van der Waals surface area contributed by atoms with E-state index in [2.05, 4.69) is 12.2 Å². The Hall–Kier alpha value is -2.93. The summed E-state index contributed by atoms with van der Waals surface area (Å²) in [4.78, 5) is 29.0. The molecule has 0 aliphatic carbocycles. The zero-order valence-electron chi connectivity index (χ0n) is 18.3. The van der Waals surface area contributed by atoms with Crippen molar-refractivity contribution in [3.8, 4) is 5.75 Å². The predicted octanol–water partition coefficient (Wildman–Crippen LogP) is 7.03. The Kier molecular flexibility index (Phi) is 7.51. The summed E-state index contributed by atoms with van der Waals surface area (Å²) < 4.78 is 0. The highest BCUT2D eigenvalue weighted by Gasteiger charge is 2.40. The van der Waals surface area contributed by atoms with Gasteiger partial charge in [0.25, 0.3) is 11.8 Å². The summed E-state index contributed by atoms with van der Waals surface area (Å²) in [5, 5.41) is 14.1. The summed E-state index contributed by atoms with van der Waals surface area (Å²) in [6.07, 6.45) is 3.10. The van der Waals surface area contributed by atoms with Crippen LogP contribution in [0.25, 0.3) is 0 Å². The van der Waals surface area contributed by atoms with Crippen LogP contribution >= 0.6 is 35.0 Å². The van der Waals surface area contributed by atoms with E-state index in [0.29, 0.717) is 15.7 Å². The molecule has 5 nitrogen and oxygen atoms in total. The number of nitrogens with one attached hydrogen (secondary N) is 1. The number of carbonyl (C=O) groups is 2. The van der Waals surface area contributed by atoms with Gasteiger partial charge in [0.1, 0.15) is 16.4 Å². The first-order valence-electron chi connectivity index (χ1n) is 10.8. The topological polar surface area (TPSA) is 69.6 Å². The molecule has 3 aromatic carbocycles. The molecule has 2 amide bonds. The van der Waals surface area contributed by atoms with Crippen LogP contribution in [0.3, 0.4) is 0 Å². The first-order chi connectivity index (χ1) is 16.4. The molecule has 0 atom stereocenters. The number of hydrogen-bond acceptors (Lipinski definition) is 5. The van der Waals surface area contributed by atoms with Crippen LogP contribution in [0.5, 0.6) is 5.75 Å². The number of nitrogens with zero attached hydrogens (tertiary/aromatic N) is 1. The Morgan fingerprint density at radius 2 is 1.59 bits per heavy atom. The van der Waals surface area contributed by atoms with Gasteiger partial charge >= 0.3 is 0 Å². The van der Waals surface area contributed by atoms with E-state index in [4.69, 9.17) is 23.2 Å². The summed E-state index contributed by atoms with van der Waals surface area (Å²) in [7, 11) is 0. The van der Waals surface area contributed by atoms with Crippen LogP contribution in [0.15, 0.2) is 82.2 Å². The summed E-state index contributed by atoms with van der Waals surface area (Å²) in [5.74, 6) is -1.05. The number of phenolic OH excluding ortho intramolecular Hbond substituents is 1. The van der Waals surface area contributed by atoms with Gasteiger partial charge in [-0.3, -0.25) is 9.59 Å². The molecule has 0 bridgehead atoms. The number of rotatable bonds is 8. The van der Waals surface area contributed by atoms with Crippen molar-refractivity contribution < 1.29 is 14.7 Å². The Morgan fingerprint density at radius 1 is 0.912 bits per heavy atom. The van der Waals surface area contributed by atoms with E-state index < -0.39 is 11.8 Å². The number of benzene rings is 3. The van der Waals surface area contributed by atoms with Gasteiger partial charge in [-0.25, -0.2) is 4.90 Å². The molecule has 0 fully saturated rings. The lowest BCUT2D eigenvalue weighted by Gasteiger charge is -2.16. The highest BCUT2D eigenvalue weighted by molar-refractivity contribution is 8.04. The standard InChI is InChI=1S/C26H22Cl2N2O3S/c1-2-3-4-16-5-10-19(11-6-16)30-25(32)23(29-21-15-18(28)9-14-22(21)31)24(26(30)33)34-20-12-7-17(27)8-13-20/h5-15,29,31H,2-4H2,1H3. The Labute approximate surface area is 212 Å². The van der Waals surface area contributed by atoms with Crippen LogP contribution in [0.4, 0.5) is 11.4 Å². The number of carbonyl (C=O) groups excluding carboxylic acids is 2. The molecule has 0 saturated heterocycles. The maximum atomic E-state index is 13.5. The Morgan fingerprint density at radius 3 is 2.26 bits per heavy atom. The lowest BCUT2D eigenvalue weighted by molar-refractivity contribution is -0.120. The zero-order valence-corrected chi connectivity index (χ0v) is 20.7. The number of aryl methyl sites for hydroxylation is 1. The number of imide groups is 1. The van der Waals surface area contributed by atoms with Gasteiger partial charge < -0.3 is 10.4 Å². The molecule has 1 heterocycles. The molecular weight excluding hydrogens is 491 g/mol. The molecule has 0 saturated carbocycles. The molecule has 1 aliphatic heterocycles. The van der Waals surface area contributed by atoms with Crippen molar-refractivity contribution in [2.75, 3.05) is 10.2 Å². The monoisotopic (exact) mass is 512 g/mol. The normalized spacial score (nSPS) is 13.7. The maximum absolute atomic E-state index is 13.5. The van der Waals surface area contributed by atoms with Crippen LogP contribution in [-0.4, -0.2) is 16.9 Å². The number of unbranched alkanes of at least 4 members (excludes halogenated alkanes) is 1. The summed E-state index contributed by atoms with van der Waals surface area (Å²) in [6.45, 7) is 2.13. The van der Waals surface area contributed by atoms with E-state index in [1.807, 2.05) is 12.1 Å². The van der Waals surface area contributed by atoms with Crippen molar-refractivity contribution in [3.63, 3.8) is 0 Å². The molecule has 174 valence electrons. The van der Waals surface area contributed by atoms with Gasteiger partial charge in [-0.05, 0) is 73.0 Å². The van der Waals surface area contributed by atoms with Crippen molar-refractivity contribution >= 4 is 58.2 Å². The summed E-state index contributed by atoms with van der Waals surface area (Å²) in [5.41, 5.74) is 1.93. The van der Waals surface area contributed by atoms with Crippen LogP contribution in [0, 0.1) is 0 Å². The molecule has 8 heteroatoms. The number of phenols is 1. The minimum atomic E-state index is -0.512. The first kappa shape index (κ1) is 24.2. The van der Waals surface area contributed by atoms with E-state index in [-0.39, 0.29) is 22.0 Å². The van der Waals surface area contributed by atoms with Gasteiger partial charge in [0.2, 0.25) is 0 Å². The fourth-order valence-corrected chi connectivity index (χ4v) is 4.73. The highest BCUT2D eigenvalue weighted by atomic mass is 35.5. The third kappa shape index (κ3) is 5.25. The molecule has 0 spiro atoms. The predicted molar refractivity (Wildman–Crippen MR) is 139 cm³/mol. The molecule has 3 aromatic rings. The van der Waals surface area contributed by atoms with Gasteiger partial charge in [0, 0.05) is 14.9 Å². The number of hydrogen-bond donors (Lipinski definition) is 2. The number of thioether (sulfide) groups is 1. The van der Waals surface area contributed by atoms with Gasteiger partial charge in [-0.2, -0.15) is 0 Å². The van der Waals surface area contributed by atoms with Gasteiger partial charge in [-0.15, -0.1) is 0 Å². The fourth-order valence-electron chi connectivity index (χ4n) is 3.51. The van der Waals surface area contributed by atoms with E-state index >= 15 is 0 Å². The summed E-state index contributed by atoms with van der Waals surface area (Å²) >= 11 is 13.2. The van der Waals surface area contributed by atoms with Gasteiger partial charge in [0.15, 0.2) is 0 Å². The molecule has 2 N–H and O–H groups in total. The van der Waals surface area contributed by atoms with Crippen LogP contribution < -0.4 is 10.2 Å². The van der Waals surface area contributed by atoms with E-state index in [9.17, 15) is 14.7 Å². The molecule has 1 aliphatic rings. The largest absolute Gasteiger partial charge is 0.506 e. The molecule has 34 heavy (non-hydrogen) atoms. The first-order valence-corrected chi connectivity index (χ1v) is 12.4. The average Bonchev–Trinajstić information content (AvgIpc) is 3.05. The maximum Gasteiger partial charge on any atom is 0.283 e. The SMILES string of the molecule is CCCCc1ccc(N2C(=O)C(Nc3cc(Cl)ccc3O)=C(Sc3ccc(Cl)cc3)C2=O)cc1. The molecule has 0 unspecified atom stereocenters. The molecular formula is C26H22Cl2N2O3S. The van der Waals surface area contributed by atoms with Gasteiger partial charge in [0.05, 0.1) is 11.4 Å². The van der Waals surface area contributed by atoms with E-state index in [1.165, 1.54) is 18.2 Å². The lowest BCUT2D eigenvalue weighted by atomic mass is 10.1. The van der Waals surface area contributed by atoms with Crippen molar-refractivity contribution in [2.45, 2.75) is 31.1 Å². The van der Waals surface area contributed by atoms with Crippen molar-refractivity contribution in [2.24, 2.45) is 0 Å². The van der Waals surface area contributed by atoms with Crippen molar-refractivity contribution in [3.05, 3.63) is 92.9 Å². The average molecular weight is 513 g/mol. The second-order valence-electron chi connectivity index (χ2n) is 7.76. The van der Waals surface area contributed by atoms with Crippen molar-refractivity contribution in [1.29, 1.82) is 0 Å². The van der Waals surface area contributed by atoms with E-state index in [0.717, 1.165) is 46.4 Å². The quantitative estimate of drug-likeness (QED) is 0.250. The minimum Gasteiger partial charge on any atom is -0.506 e. The smallest absolute Gasteiger partial charge is 0.283 e. The second-order valence-corrected chi connectivity index (χ2v) is 9.72. The third-order valence-corrected chi connectivity index (χ3v) is 6.88. The summed E-state index contributed by atoms with van der Waals surface area (Å²) in [6, 6.07) is 18.9. The molecule has 0 radical (unpaired) electrons. The number of halogens is 2. The second kappa shape index (κ2) is 10.6. The van der Waals surface area contributed by atoms with Gasteiger partial charge in [-0.1, -0.05) is 60.4 Å². The molecule has 4 rings (SSSR count). The number of aromatic hydroxyl groups is 1. The Balaban J connectivity index is 1.70. The van der Waals surface area contributed by atoms with Crippen LogP contribution in [0.2, 0.25) is 10.0 Å². The molecule has 0 aromatic heterocycles. The van der Waals surface area contributed by atoms with Crippen LogP contribution in [0.1, 0.15) is 25.3 Å². The fraction of sp³-hybridized carbons (Fsp3) is 0.154. The highest BCUT2D eigenvalue weighted by Crippen LogP contribution is 2.39. The lowest BCUT2D eigenvalue weighted by Crippen LogP contribution is -2.32. The van der Waals surface area contributed by atoms with E-state index in [1.54, 1.807) is 36.4 Å². The number of anilines is 2. The third-order valence-electron chi connectivity index (χ3n) is 5.31. The van der Waals surface area contributed by atoms with Crippen molar-refractivity contribution in [1.82, 2.24) is 0 Å².